The number of ether oxygens (including phenoxy) is 1. The summed E-state index contributed by atoms with van der Waals surface area (Å²) >= 11 is 6.03. The van der Waals surface area contributed by atoms with E-state index in [9.17, 15) is 9.90 Å². The number of anilines is 1. The summed E-state index contributed by atoms with van der Waals surface area (Å²) in [5.41, 5.74) is 1.60. The molecule has 0 aliphatic carbocycles. The molecular weight excluding hydrogens is 364 g/mol. The van der Waals surface area contributed by atoms with Crippen molar-refractivity contribution in [2.24, 2.45) is 5.41 Å². The molecule has 0 atom stereocenters. The van der Waals surface area contributed by atoms with Crippen LogP contribution in [0.15, 0.2) is 48.5 Å². The van der Waals surface area contributed by atoms with Crippen molar-refractivity contribution in [2.75, 3.05) is 32.1 Å². The molecule has 1 aliphatic rings. The van der Waals surface area contributed by atoms with Gasteiger partial charge in [0.1, 0.15) is 5.75 Å². The summed E-state index contributed by atoms with van der Waals surface area (Å²) in [7, 11) is 1.55. The van der Waals surface area contributed by atoms with Crippen LogP contribution in [0.1, 0.15) is 18.4 Å². The van der Waals surface area contributed by atoms with Gasteiger partial charge in [-0.2, -0.15) is 0 Å². The molecule has 1 aliphatic heterocycles. The zero-order valence-electron chi connectivity index (χ0n) is 15.5. The van der Waals surface area contributed by atoms with Crippen molar-refractivity contribution < 1.29 is 14.6 Å². The van der Waals surface area contributed by atoms with Crippen molar-refractivity contribution in [3.8, 4) is 5.75 Å². The number of piperidine rings is 1. The van der Waals surface area contributed by atoms with Crippen LogP contribution in [0.3, 0.4) is 0 Å². The highest BCUT2D eigenvalue weighted by Gasteiger charge is 2.35. The Morgan fingerprint density at radius 2 is 1.93 bits per heavy atom. The second-order valence-electron chi connectivity index (χ2n) is 7.08. The van der Waals surface area contributed by atoms with Crippen LogP contribution in [-0.2, 0) is 6.42 Å². The zero-order chi connectivity index (χ0) is 19.3. The van der Waals surface area contributed by atoms with Crippen LogP contribution >= 0.6 is 11.6 Å². The predicted molar refractivity (Wildman–Crippen MR) is 107 cm³/mol. The number of hydrogen-bond donors (Lipinski definition) is 2. The molecule has 2 amide bonds. The molecular formula is C21H25ClN2O3. The minimum Gasteiger partial charge on any atom is -0.495 e. The number of halogens is 1. The monoisotopic (exact) mass is 388 g/mol. The molecule has 2 aromatic carbocycles. The van der Waals surface area contributed by atoms with Crippen LogP contribution < -0.4 is 10.1 Å². The first-order chi connectivity index (χ1) is 13.0. The van der Waals surface area contributed by atoms with Crippen molar-refractivity contribution >= 4 is 23.3 Å². The second-order valence-corrected chi connectivity index (χ2v) is 7.52. The minimum atomic E-state index is -0.179. The first kappa shape index (κ1) is 19.5. The smallest absolute Gasteiger partial charge is 0.321 e. The first-order valence-electron chi connectivity index (χ1n) is 9.09. The number of carbonyl (C=O) groups excluding carboxylic acids is 1. The maximum absolute atomic E-state index is 12.7. The van der Waals surface area contributed by atoms with Crippen molar-refractivity contribution in [3.05, 3.63) is 59.1 Å². The minimum absolute atomic E-state index is 0.124. The van der Waals surface area contributed by atoms with Crippen molar-refractivity contribution in [1.29, 1.82) is 0 Å². The van der Waals surface area contributed by atoms with Crippen LogP contribution in [-0.4, -0.2) is 42.8 Å². The Bertz CT molecular complexity index is 774. The third-order valence-electron chi connectivity index (χ3n) is 5.27. The molecule has 1 heterocycles. The van der Waals surface area contributed by atoms with Gasteiger partial charge in [-0.05, 0) is 43.0 Å². The highest BCUT2D eigenvalue weighted by atomic mass is 35.5. The molecule has 1 fully saturated rings. The Kier molecular flexibility index (Phi) is 6.24. The molecule has 27 heavy (non-hydrogen) atoms. The van der Waals surface area contributed by atoms with Crippen LogP contribution in [0.4, 0.5) is 10.5 Å². The number of aliphatic hydroxyl groups excluding tert-OH is 1. The lowest BCUT2D eigenvalue weighted by Gasteiger charge is -2.41. The molecule has 0 radical (unpaired) electrons. The Balaban J connectivity index is 1.62. The van der Waals surface area contributed by atoms with Gasteiger partial charge in [0.05, 0.1) is 12.8 Å². The number of aliphatic hydroxyl groups is 1. The number of amides is 2. The van der Waals surface area contributed by atoms with Crippen LogP contribution in [0, 0.1) is 5.41 Å². The van der Waals surface area contributed by atoms with E-state index in [1.807, 2.05) is 18.2 Å². The molecule has 5 nitrogen and oxygen atoms in total. The van der Waals surface area contributed by atoms with E-state index in [0.717, 1.165) is 19.3 Å². The van der Waals surface area contributed by atoms with E-state index in [1.54, 1.807) is 30.2 Å². The maximum atomic E-state index is 12.7. The fraction of sp³-hybridized carbons (Fsp3) is 0.381. The summed E-state index contributed by atoms with van der Waals surface area (Å²) in [6, 6.07) is 15.1. The first-order valence-corrected chi connectivity index (χ1v) is 9.47. The third-order valence-corrected chi connectivity index (χ3v) is 5.51. The number of likely N-dealkylation sites (tertiary alicyclic amines) is 1. The zero-order valence-corrected chi connectivity index (χ0v) is 16.2. The molecule has 0 aromatic heterocycles. The molecule has 0 spiro atoms. The fourth-order valence-corrected chi connectivity index (χ4v) is 3.75. The molecule has 0 saturated carbocycles. The van der Waals surface area contributed by atoms with E-state index in [-0.39, 0.29) is 18.1 Å². The van der Waals surface area contributed by atoms with Gasteiger partial charge in [0.2, 0.25) is 0 Å². The molecule has 6 heteroatoms. The lowest BCUT2D eigenvalue weighted by atomic mass is 9.74. The molecule has 1 saturated heterocycles. The Labute approximate surface area is 164 Å². The molecule has 2 aromatic rings. The number of nitrogens with one attached hydrogen (secondary N) is 1. The molecule has 3 rings (SSSR count). The van der Waals surface area contributed by atoms with E-state index in [2.05, 4.69) is 17.4 Å². The number of rotatable bonds is 5. The average molecular weight is 389 g/mol. The lowest BCUT2D eigenvalue weighted by Crippen LogP contribution is -2.47. The number of carbonyl (C=O) groups is 1. The number of hydrogen-bond acceptors (Lipinski definition) is 3. The van der Waals surface area contributed by atoms with Gasteiger partial charge in [0.15, 0.2) is 0 Å². The fourth-order valence-electron chi connectivity index (χ4n) is 3.58. The van der Waals surface area contributed by atoms with E-state index >= 15 is 0 Å². The Hall–Kier alpha value is -2.24. The topological polar surface area (TPSA) is 61.8 Å². The van der Waals surface area contributed by atoms with Gasteiger partial charge in [-0.15, -0.1) is 0 Å². The van der Waals surface area contributed by atoms with Crippen molar-refractivity contribution in [1.82, 2.24) is 4.90 Å². The summed E-state index contributed by atoms with van der Waals surface area (Å²) in [4.78, 5) is 14.4. The predicted octanol–water partition coefficient (Wildman–Crippen LogP) is 4.20. The van der Waals surface area contributed by atoms with E-state index in [1.165, 1.54) is 5.56 Å². The molecule has 144 valence electrons. The average Bonchev–Trinajstić information content (AvgIpc) is 2.69. The summed E-state index contributed by atoms with van der Waals surface area (Å²) in [6.45, 7) is 1.32. The Morgan fingerprint density at radius 3 is 2.56 bits per heavy atom. The lowest BCUT2D eigenvalue weighted by molar-refractivity contribution is 0.0575. The third kappa shape index (κ3) is 4.73. The van der Waals surface area contributed by atoms with Gasteiger partial charge in [0.25, 0.3) is 0 Å². The van der Waals surface area contributed by atoms with Crippen LogP contribution in [0.25, 0.3) is 0 Å². The van der Waals surface area contributed by atoms with Gasteiger partial charge < -0.3 is 20.1 Å². The van der Waals surface area contributed by atoms with Crippen LogP contribution in [0.2, 0.25) is 5.02 Å². The SMILES string of the molecule is COc1ccc(Cl)cc1NC(=O)N1CCC(CO)(Cc2ccccc2)CC1. The van der Waals surface area contributed by atoms with E-state index < -0.39 is 0 Å². The van der Waals surface area contributed by atoms with Gasteiger partial charge in [-0.1, -0.05) is 41.9 Å². The van der Waals surface area contributed by atoms with Crippen molar-refractivity contribution in [3.63, 3.8) is 0 Å². The largest absolute Gasteiger partial charge is 0.495 e. The molecule has 2 N–H and O–H groups in total. The van der Waals surface area contributed by atoms with Crippen molar-refractivity contribution in [2.45, 2.75) is 19.3 Å². The van der Waals surface area contributed by atoms with Gasteiger partial charge in [0, 0.05) is 30.1 Å². The summed E-state index contributed by atoms with van der Waals surface area (Å²) in [5.74, 6) is 0.568. The molecule has 0 unspecified atom stereocenters. The second kappa shape index (κ2) is 8.63. The highest BCUT2D eigenvalue weighted by Crippen LogP contribution is 2.35. The summed E-state index contributed by atoms with van der Waals surface area (Å²) < 4.78 is 5.28. The number of nitrogens with zero attached hydrogens (tertiary/aromatic N) is 1. The standard InChI is InChI=1S/C21H25ClN2O3/c1-27-19-8-7-17(22)13-18(19)23-20(26)24-11-9-21(15-25,10-12-24)14-16-5-3-2-4-6-16/h2-8,13,25H,9-12,14-15H2,1H3,(H,23,26). The van der Waals surface area contributed by atoms with Gasteiger partial charge in [-0.25, -0.2) is 4.79 Å². The normalized spacial score (nSPS) is 16.0. The Morgan fingerprint density at radius 1 is 1.22 bits per heavy atom. The quantitative estimate of drug-likeness (QED) is 0.807. The van der Waals surface area contributed by atoms with E-state index in [0.29, 0.717) is 29.5 Å². The number of urea groups is 1. The van der Waals surface area contributed by atoms with E-state index in [4.69, 9.17) is 16.3 Å². The highest BCUT2D eigenvalue weighted by molar-refractivity contribution is 6.31. The number of methoxy groups -OCH3 is 1. The summed E-state index contributed by atoms with van der Waals surface area (Å²) in [6.07, 6.45) is 2.35. The maximum Gasteiger partial charge on any atom is 0.321 e. The van der Waals surface area contributed by atoms with Crippen LogP contribution in [0.5, 0.6) is 5.75 Å². The van der Waals surface area contributed by atoms with Gasteiger partial charge in [-0.3, -0.25) is 0 Å². The number of benzene rings is 2. The summed E-state index contributed by atoms with van der Waals surface area (Å²) in [5, 5.41) is 13.4. The van der Waals surface area contributed by atoms with Gasteiger partial charge >= 0.3 is 6.03 Å². The molecule has 0 bridgehead atoms.